The highest BCUT2D eigenvalue weighted by Crippen LogP contribution is 2.25. The number of hydrogen-bond donors (Lipinski definition) is 1. The monoisotopic (exact) mass is 221 g/mol. The van der Waals surface area contributed by atoms with Crippen LogP contribution in [0.4, 0.5) is 0 Å². The standard InChI is InChI=1S/C13H19NO2/c1-10(2)13(3,4)15-11-6-8-12(9-7-11)16-14-5/h6-9,14H,1H2,2-5H3. The summed E-state index contributed by atoms with van der Waals surface area (Å²) >= 11 is 0. The minimum Gasteiger partial charge on any atom is -0.484 e. The van der Waals surface area contributed by atoms with Gasteiger partial charge in [0.25, 0.3) is 0 Å². The van der Waals surface area contributed by atoms with Gasteiger partial charge in [-0.3, -0.25) is 0 Å². The van der Waals surface area contributed by atoms with Gasteiger partial charge < -0.3 is 9.57 Å². The largest absolute Gasteiger partial charge is 0.484 e. The van der Waals surface area contributed by atoms with E-state index < -0.39 is 0 Å². The molecule has 1 rings (SSSR count). The molecule has 0 aromatic heterocycles. The molecule has 0 saturated carbocycles. The third kappa shape index (κ3) is 3.28. The number of nitrogens with one attached hydrogen (secondary N) is 1. The van der Waals surface area contributed by atoms with Crippen molar-refractivity contribution >= 4 is 0 Å². The van der Waals surface area contributed by atoms with E-state index in [1.807, 2.05) is 45.0 Å². The van der Waals surface area contributed by atoms with Crippen LogP contribution in [0.2, 0.25) is 0 Å². The molecule has 1 aromatic rings. The molecule has 0 bridgehead atoms. The van der Waals surface area contributed by atoms with E-state index in [9.17, 15) is 0 Å². The van der Waals surface area contributed by atoms with Gasteiger partial charge in [-0.15, -0.1) is 0 Å². The van der Waals surface area contributed by atoms with Crippen molar-refractivity contribution in [3.63, 3.8) is 0 Å². The van der Waals surface area contributed by atoms with Crippen LogP contribution in [-0.2, 0) is 0 Å². The van der Waals surface area contributed by atoms with Crippen molar-refractivity contribution in [2.75, 3.05) is 7.05 Å². The first kappa shape index (κ1) is 12.6. The lowest BCUT2D eigenvalue weighted by atomic mass is 10.0. The van der Waals surface area contributed by atoms with Gasteiger partial charge in [0.05, 0.1) is 0 Å². The molecule has 0 spiro atoms. The Hall–Kier alpha value is -1.48. The van der Waals surface area contributed by atoms with E-state index in [1.54, 1.807) is 7.05 Å². The van der Waals surface area contributed by atoms with E-state index in [0.29, 0.717) is 0 Å². The van der Waals surface area contributed by atoms with Crippen LogP contribution in [0.3, 0.4) is 0 Å². The van der Waals surface area contributed by atoms with Crippen LogP contribution in [0.25, 0.3) is 0 Å². The van der Waals surface area contributed by atoms with Gasteiger partial charge in [0.1, 0.15) is 17.1 Å². The Morgan fingerprint density at radius 3 is 2.12 bits per heavy atom. The highest BCUT2D eigenvalue weighted by molar-refractivity contribution is 5.32. The molecule has 1 N–H and O–H groups in total. The third-order valence-electron chi connectivity index (χ3n) is 2.44. The molecule has 0 aliphatic carbocycles. The first-order chi connectivity index (χ1) is 7.45. The van der Waals surface area contributed by atoms with Crippen molar-refractivity contribution in [3.8, 4) is 11.5 Å². The van der Waals surface area contributed by atoms with Crippen molar-refractivity contribution in [3.05, 3.63) is 36.4 Å². The Morgan fingerprint density at radius 2 is 1.69 bits per heavy atom. The predicted octanol–water partition coefficient (Wildman–Crippen LogP) is 2.93. The fourth-order valence-corrected chi connectivity index (χ4v) is 1.08. The number of rotatable bonds is 5. The zero-order valence-electron chi connectivity index (χ0n) is 10.3. The second kappa shape index (κ2) is 5.03. The number of benzene rings is 1. The lowest BCUT2D eigenvalue weighted by Gasteiger charge is -2.26. The normalized spacial score (nSPS) is 11.0. The fourth-order valence-electron chi connectivity index (χ4n) is 1.08. The maximum Gasteiger partial charge on any atom is 0.147 e. The van der Waals surface area contributed by atoms with Gasteiger partial charge in [-0.05, 0) is 50.6 Å². The average molecular weight is 221 g/mol. The first-order valence-corrected chi connectivity index (χ1v) is 5.24. The van der Waals surface area contributed by atoms with Gasteiger partial charge in [0.2, 0.25) is 0 Å². The highest BCUT2D eigenvalue weighted by Gasteiger charge is 2.20. The Bertz CT molecular complexity index is 355. The van der Waals surface area contributed by atoms with Crippen molar-refractivity contribution in [2.24, 2.45) is 0 Å². The predicted molar refractivity (Wildman–Crippen MR) is 65.7 cm³/mol. The molecule has 0 amide bonds. The SMILES string of the molecule is C=C(C)C(C)(C)Oc1ccc(ONC)cc1. The topological polar surface area (TPSA) is 30.5 Å². The highest BCUT2D eigenvalue weighted by atomic mass is 16.6. The van der Waals surface area contributed by atoms with E-state index in [0.717, 1.165) is 17.1 Å². The van der Waals surface area contributed by atoms with Crippen LogP contribution in [0.1, 0.15) is 20.8 Å². The van der Waals surface area contributed by atoms with Gasteiger partial charge in [-0.2, -0.15) is 5.48 Å². The molecule has 0 fully saturated rings. The molecule has 3 heteroatoms. The maximum atomic E-state index is 5.82. The summed E-state index contributed by atoms with van der Waals surface area (Å²) in [5, 5.41) is 0. The van der Waals surface area contributed by atoms with Crippen molar-refractivity contribution in [1.82, 2.24) is 5.48 Å². The van der Waals surface area contributed by atoms with Gasteiger partial charge in [0, 0.05) is 7.05 Å². The molecule has 0 atom stereocenters. The van der Waals surface area contributed by atoms with Crippen LogP contribution in [0.15, 0.2) is 36.4 Å². The molecule has 1 aromatic carbocycles. The molecule has 0 aliphatic heterocycles. The van der Waals surface area contributed by atoms with Crippen molar-refractivity contribution in [2.45, 2.75) is 26.4 Å². The minimum absolute atomic E-state index is 0.356. The van der Waals surface area contributed by atoms with Crippen LogP contribution in [-0.4, -0.2) is 12.6 Å². The minimum atomic E-state index is -0.356. The molecule has 3 nitrogen and oxygen atoms in total. The quantitative estimate of drug-likeness (QED) is 0.612. The lowest BCUT2D eigenvalue weighted by Crippen LogP contribution is -2.28. The molecule has 0 aliphatic rings. The van der Waals surface area contributed by atoms with Gasteiger partial charge in [-0.1, -0.05) is 6.58 Å². The summed E-state index contributed by atoms with van der Waals surface area (Å²) in [7, 11) is 1.72. The molecular formula is C13H19NO2. The third-order valence-corrected chi connectivity index (χ3v) is 2.44. The number of ether oxygens (including phenoxy) is 1. The van der Waals surface area contributed by atoms with Gasteiger partial charge in [-0.25, -0.2) is 0 Å². The fraction of sp³-hybridized carbons (Fsp3) is 0.385. The average Bonchev–Trinajstić information content (AvgIpc) is 2.21. The summed E-state index contributed by atoms with van der Waals surface area (Å²) in [5.41, 5.74) is 3.25. The summed E-state index contributed by atoms with van der Waals surface area (Å²) in [5.74, 6) is 1.56. The molecule has 0 radical (unpaired) electrons. The van der Waals surface area contributed by atoms with Gasteiger partial charge in [0.15, 0.2) is 0 Å². The molecule has 0 saturated heterocycles. The second-order valence-corrected chi connectivity index (χ2v) is 4.17. The van der Waals surface area contributed by atoms with E-state index in [1.165, 1.54) is 0 Å². The van der Waals surface area contributed by atoms with Gasteiger partial charge >= 0.3 is 0 Å². The Kier molecular flexibility index (Phi) is 3.96. The summed E-state index contributed by atoms with van der Waals surface area (Å²) in [6.07, 6.45) is 0. The zero-order chi connectivity index (χ0) is 12.2. The summed E-state index contributed by atoms with van der Waals surface area (Å²) in [6.45, 7) is 9.85. The molecule has 88 valence electrons. The molecule has 0 unspecified atom stereocenters. The van der Waals surface area contributed by atoms with E-state index in [2.05, 4.69) is 12.1 Å². The number of hydrogen-bond acceptors (Lipinski definition) is 3. The summed E-state index contributed by atoms with van der Waals surface area (Å²) < 4.78 is 5.82. The smallest absolute Gasteiger partial charge is 0.147 e. The second-order valence-electron chi connectivity index (χ2n) is 4.17. The van der Waals surface area contributed by atoms with Crippen LogP contribution in [0.5, 0.6) is 11.5 Å². The van der Waals surface area contributed by atoms with Crippen LogP contribution >= 0.6 is 0 Å². The molecule has 0 heterocycles. The van der Waals surface area contributed by atoms with E-state index in [4.69, 9.17) is 9.57 Å². The van der Waals surface area contributed by atoms with E-state index >= 15 is 0 Å². The Morgan fingerprint density at radius 1 is 1.19 bits per heavy atom. The summed E-state index contributed by atoms with van der Waals surface area (Å²) in [4.78, 5) is 5.12. The zero-order valence-corrected chi connectivity index (χ0v) is 10.3. The summed E-state index contributed by atoms with van der Waals surface area (Å²) in [6, 6.07) is 7.44. The first-order valence-electron chi connectivity index (χ1n) is 5.24. The van der Waals surface area contributed by atoms with Crippen LogP contribution in [0, 0.1) is 0 Å². The Balaban J connectivity index is 2.72. The number of hydroxylamine groups is 1. The Labute approximate surface area is 97.0 Å². The maximum absolute atomic E-state index is 5.82. The molecular weight excluding hydrogens is 202 g/mol. The van der Waals surface area contributed by atoms with Crippen molar-refractivity contribution < 1.29 is 9.57 Å². The molecule has 16 heavy (non-hydrogen) atoms. The van der Waals surface area contributed by atoms with Crippen molar-refractivity contribution in [1.29, 1.82) is 0 Å². The van der Waals surface area contributed by atoms with E-state index in [-0.39, 0.29) is 5.60 Å². The van der Waals surface area contributed by atoms with Crippen LogP contribution < -0.4 is 15.1 Å². The lowest BCUT2D eigenvalue weighted by molar-refractivity contribution is 0.149.